The highest BCUT2D eigenvalue weighted by atomic mass is 16.5. The van der Waals surface area contributed by atoms with Crippen LogP contribution in [0.3, 0.4) is 0 Å². The van der Waals surface area contributed by atoms with Crippen molar-refractivity contribution < 1.29 is 14.1 Å². The zero-order valence-electron chi connectivity index (χ0n) is 12.4. The largest absolute Gasteiger partial charge is 0.369 e. The third kappa shape index (κ3) is 3.79. The molecule has 1 aliphatic carbocycles. The Kier molecular flexibility index (Phi) is 4.75. The van der Waals surface area contributed by atoms with Gasteiger partial charge < -0.3 is 14.6 Å². The lowest BCUT2D eigenvalue weighted by molar-refractivity contribution is -0.121. The molecule has 6 nitrogen and oxygen atoms in total. The van der Waals surface area contributed by atoms with Crippen LogP contribution in [0.25, 0.3) is 0 Å². The third-order valence-electron chi connectivity index (χ3n) is 3.78. The monoisotopic (exact) mass is 281 g/mol. The van der Waals surface area contributed by atoms with Crippen LogP contribution in [0.5, 0.6) is 0 Å². The van der Waals surface area contributed by atoms with Gasteiger partial charge in [0.05, 0.1) is 6.42 Å². The van der Waals surface area contributed by atoms with E-state index in [2.05, 4.69) is 15.5 Å². The maximum atomic E-state index is 11.9. The maximum absolute atomic E-state index is 11.9. The topological polar surface area (TPSA) is 77.2 Å². The Labute approximate surface area is 119 Å². The van der Waals surface area contributed by atoms with Crippen molar-refractivity contribution in [3.8, 4) is 0 Å². The smallest absolute Gasteiger partial charge is 0.258 e. The van der Waals surface area contributed by atoms with E-state index in [-0.39, 0.29) is 12.3 Å². The van der Waals surface area contributed by atoms with E-state index in [1.54, 1.807) is 7.11 Å². The molecule has 0 radical (unpaired) electrons. The van der Waals surface area contributed by atoms with Crippen LogP contribution in [0.15, 0.2) is 4.52 Å². The van der Waals surface area contributed by atoms with Crippen molar-refractivity contribution in [3.63, 3.8) is 0 Å². The number of carbonyl (C=O) groups excluding carboxylic acids is 1. The SMILES string of the molecule is COC(C)(C)c1nc(CC(=O)NC2CCCCC2)no1. The van der Waals surface area contributed by atoms with Crippen molar-refractivity contribution >= 4 is 5.91 Å². The molecule has 2 rings (SSSR count). The first-order valence-corrected chi connectivity index (χ1v) is 7.19. The van der Waals surface area contributed by atoms with Crippen molar-refractivity contribution in [2.45, 2.75) is 64.0 Å². The van der Waals surface area contributed by atoms with E-state index in [0.717, 1.165) is 12.8 Å². The van der Waals surface area contributed by atoms with Gasteiger partial charge in [-0.1, -0.05) is 24.4 Å². The molecule has 1 saturated carbocycles. The minimum Gasteiger partial charge on any atom is -0.369 e. The Morgan fingerprint density at radius 1 is 1.40 bits per heavy atom. The summed E-state index contributed by atoms with van der Waals surface area (Å²) in [5, 5.41) is 6.87. The Morgan fingerprint density at radius 2 is 2.10 bits per heavy atom. The van der Waals surface area contributed by atoms with Crippen molar-refractivity contribution in [2.24, 2.45) is 0 Å². The first kappa shape index (κ1) is 15.0. The zero-order chi connectivity index (χ0) is 14.6. The summed E-state index contributed by atoms with van der Waals surface area (Å²) in [6, 6.07) is 0.304. The molecule has 0 aliphatic heterocycles. The van der Waals surface area contributed by atoms with E-state index in [0.29, 0.717) is 17.8 Å². The summed E-state index contributed by atoms with van der Waals surface area (Å²) in [6.07, 6.45) is 5.95. The van der Waals surface area contributed by atoms with E-state index in [4.69, 9.17) is 9.26 Å². The van der Waals surface area contributed by atoms with Crippen molar-refractivity contribution in [2.75, 3.05) is 7.11 Å². The fourth-order valence-electron chi connectivity index (χ4n) is 2.33. The first-order chi connectivity index (χ1) is 9.51. The molecule has 1 fully saturated rings. The fraction of sp³-hybridized carbons (Fsp3) is 0.786. The summed E-state index contributed by atoms with van der Waals surface area (Å²) in [7, 11) is 1.58. The number of methoxy groups -OCH3 is 1. The number of nitrogens with zero attached hydrogens (tertiary/aromatic N) is 2. The molecule has 0 atom stereocenters. The minimum absolute atomic E-state index is 0.0422. The van der Waals surface area contributed by atoms with E-state index < -0.39 is 5.60 Å². The molecule has 0 spiro atoms. The summed E-state index contributed by atoms with van der Waals surface area (Å²) in [5.41, 5.74) is -0.634. The molecule has 1 aromatic rings. The van der Waals surface area contributed by atoms with Gasteiger partial charge >= 0.3 is 0 Å². The van der Waals surface area contributed by atoms with Crippen molar-refractivity contribution in [1.29, 1.82) is 0 Å². The Morgan fingerprint density at radius 3 is 2.75 bits per heavy atom. The number of carbonyl (C=O) groups is 1. The van der Waals surface area contributed by atoms with Gasteiger partial charge in [-0.25, -0.2) is 0 Å². The second-order valence-electron chi connectivity index (χ2n) is 5.81. The van der Waals surface area contributed by atoms with Crippen LogP contribution in [0.4, 0.5) is 0 Å². The standard InChI is InChI=1S/C14H23N3O3/c1-14(2,19-3)13-16-11(17-20-13)9-12(18)15-10-7-5-4-6-8-10/h10H,4-9H2,1-3H3,(H,15,18). The predicted octanol–water partition coefficient (Wildman–Crippen LogP) is 1.94. The maximum Gasteiger partial charge on any atom is 0.258 e. The van der Waals surface area contributed by atoms with Gasteiger partial charge in [-0.15, -0.1) is 0 Å². The van der Waals surface area contributed by atoms with Crippen LogP contribution in [-0.4, -0.2) is 29.2 Å². The van der Waals surface area contributed by atoms with Crippen LogP contribution >= 0.6 is 0 Å². The molecule has 0 unspecified atom stereocenters. The van der Waals surface area contributed by atoms with Gasteiger partial charge in [-0.2, -0.15) is 4.98 Å². The van der Waals surface area contributed by atoms with Crippen LogP contribution < -0.4 is 5.32 Å². The van der Waals surface area contributed by atoms with Crippen LogP contribution in [-0.2, 0) is 21.6 Å². The molecule has 6 heteroatoms. The van der Waals surface area contributed by atoms with Crippen molar-refractivity contribution in [3.05, 3.63) is 11.7 Å². The summed E-state index contributed by atoms with van der Waals surface area (Å²) < 4.78 is 10.4. The number of amides is 1. The van der Waals surface area contributed by atoms with Gasteiger partial charge in [-0.05, 0) is 26.7 Å². The lowest BCUT2D eigenvalue weighted by Gasteiger charge is -2.22. The molecule has 1 N–H and O–H groups in total. The van der Waals surface area contributed by atoms with Gasteiger partial charge in [0.1, 0.15) is 5.60 Å². The number of hydrogen-bond donors (Lipinski definition) is 1. The van der Waals surface area contributed by atoms with Crippen molar-refractivity contribution in [1.82, 2.24) is 15.5 Å². The van der Waals surface area contributed by atoms with Gasteiger partial charge in [-0.3, -0.25) is 4.79 Å². The predicted molar refractivity (Wildman–Crippen MR) is 73.1 cm³/mol. The highest BCUT2D eigenvalue weighted by Crippen LogP contribution is 2.21. The number of hydrogen-bond acceptors (Lipinski definition) is 5. The fourth-order valence-corrected chi connectivity index (χ4v) is 2.33. The molecule has 1 heterocycles. The Hall–Kier alpha value is -1.43. The second-order valence-corrected chi connectivity index (χ2v) is 5.81. The number of ether oxygens (including phenoxy) is 1. The molecular formula is C14H23N3O3. The van der Waals surface area contributed by atoms with Crippen LogP contribution in [0, 0.1) is 0 Å². The third-order valence-corrected chi connectivity index (χ3v) is 3.78. The highest BCUT2D eigenvalue weighted by Gasteiger charge is 2.27. The molecule has 1 aromatic heterocycles. The zero-order valence-corrected chi connectivity index (χ0v) is 12.4. The van der Waals surface area contributed by atoms with Gasteiger partial charge in [0.25, 0.3) is 5.89 Å². The molecule has 0 aromatic carbocycles. The molecule has 112 valence electrons. The Bertz CT molecular complexity index is 450. The van der Waals surface area contributed by atoms with E-state index in [9.17, 15) is 4.79 Å². The summed E-state index contributed by atoms with van der Waals surface area (Å²) in [5.74, 6) is 0.748. The first-order valence-electron chi connectivity index (χ1n) is 7.19. The van der Waals surface area contributed by atoms with Gasteiger partial charge in [0, 0.05) is 13.2 Å². The molecular weight excluding hydrogens is 258 g/mol. The average Bonchev–Trinajstić information content (AvgIpc) is 2.89. The van der Waals surface area contributed by atoms with Crippen LogP contribution in [0.1, 0.15) is 57.7 Å². The highest BCUT2D eigenvalue weighted by molar-refractivity contribution is 5.78. The number of nitrogens with one attached hydrogen (secondary N) is 1. The van der Waals surface area contributed by atoms with Gasteiger partial charge in [0.15, 0.2) is 5.82 Å². The van der Waals surface area contributed by atoms with E-state index in [1.807, 2.05) is 13.8 Å². The van der Waals surface area contributed by atoms with Gasteiger partial charge in [0.2, 0.25) is 5.91 Å². The molecule has 0 saturated heterocycles. The van der Waals surface area contributed by atoms with E-state index >= 15 is 0 Å². The molecule has 1 aliphatic rings. The molecule has 0 bridgehead atoms. The summed E-state index contributed by atoms with van der Waals surface area (Å²) in [4.78, 5) is 16.2. The summed E-state index contributed by atoms with van der Waals surface area (Å²) >= 11 is 0. The molecule has 1 amide bonds. The lowest BCUT2D eigenvalue weighted by atomic mass is 9.95. The lowest BCUT2D eigenvalue weighted by Crippen LogP contribution is -2.37. The minimum atomic E-state index is -0.634. The molecule has 20 heavy (non-hydrogen) atoms. The number of aromatic nitrogens is 2. The van der Waals surface area contributed by atoms with E-state index in [1.165, 1.54) is 19.3 Å². The second kappa shape index (κ2) is 6.35. The summed E-state index contributed by atoms with van der Waals surface area (Å²) in [6.45, 7) is 3.68. The normalized spacial score (nSPS) is 17.1. The average molecular weight is 281 g/mol. The van der Waals surface area contributed by atoms with Crippen LogP contribution in [0.2, 0.25) is 0 Å². The Balaban J connectivity index is 1.88. The quantitative estimate of drug-likeness (QED) is 0.892. The number of rotatable bonds is 5.